The fraction of sp³-hybridized carbons (Fsp3) is 0.632. The molecule has 4 unspecified atom stereocenters. The maximum Gasteiger partial charge on any atom is 0.322 e. The highest BCUT2D eigenvalue weighted by molar-refractivity contribution is 7.98. The SMILES string of the molecule is CCC(C)C(N)C(=O)NC(Cc1cnc[nH]1)C(=O)NC(CCSC)C(=O)NCC(=O)O. The number of hydrogen-bond acceptors (Lipinski definition) is 7. The fourth-order valence-corrected chi connectivity index (χ4v) is 3.14. The number of aromatic nitrogens is 2. The Kier molecular flexibility index (Phi) is 11.6. The number of H-pyrrole nitrogens is 1. The van der Waals surface area contributed by atoms with Gasteiger partial charge in [0, 0.05) is 18.3 Å². The van der Waals surface area contributed by atoms with E-state index in [1.807, 2.05) is 20.1 Å². The molecule has 0 aliphatic heterocycles. The van der Waals surface area contributed by atoms with Gasteiger partial charge in [0.1, 0.15) is 18.6 Å². The Morgan fingerprint density at radius 3 is 2.42 bits per heavy atom. The summed E-state index contributed by atoms with van der Waals surface area (Å²) in [6.45, 7) is 3.21. The predicted octanol–water partition coefficient (Wildman–Crippen LogP) is -0.751. The Morgan fingerprint density at radius 1 is 1.19 bits per heavy atom. The van der Waals surface area contributed by atoms with Crippen LogP contribution in [0.3, 0.4) is 0 Å². The number of amides is 3. The summed E-state index contributed by atoms with van der Waals surface area (Å²) in [6, 6.07) is -2.72. The second kappa shape index (κ2) is 13.7. The highest BCUT2D eigenvalue weighted by Crippen LogP contribution is 2.08. The molecule has 1 heterocycles. The number of carboxylic acids is 1. The summed E-state index contributed by atoms with van der Waals surface area (Å²) >= 11 is 1.48. The van der Waals surface area contributed by atoms with Gasteiger partial charge < -0.3 is 31.8 Å². The largest absolute Gasteiger partial charge is 0.480 e. The van der Waals surface area contributed by atoms with Crippen LogP contribution < -0.4 is 21.7 Å². The number of imidazole rings is 1. The van der Waals surface area contributed by atoms with Crippen LogP contribution in [0.1, 0.15) is 32.4 Å². The van der Waals surface area contributed by atoms with Gasteiger partial charge in [-0.05, 0) is 24.3 Å². The van der Waals surface area contributed by atoms with Gasteiger partial charge in [0.15, 0.2) is 0 Å². The van der Waals surface area contributed by atoms with E-state index in [2.05, 4.69) is 25.9 Å². The highest BCUT2D eigenvalue weighted by Gasteiger charge is 2.29. The zero-order valence-electron chi connectivity index (χ0n) is 18.0. The maximum atomic E-state index is 13.0. The van der Waals surface area contributed by atoms with Gasteiger partial charge in [-0.15, -0.1) is 0 Å². The topological polar surface area (TPSA) is 179 Å². The van der Waals surface area contributed by atoms with Gasteiger partial charge in [-0.1, -0.05) is 20.3 Å². The molecule has 174 valence electrons. The Hall–Kier alpha value is -2.60. The highest BCUT2D eigenvalue weighted by atomic mass is 32.2. The van der Waals surface area contributed by atoms with Gasteiger partial charge in [0.25, 0.3) is 0 Å². The molecule has 11 nitrogen and oxygen atoms in total. The molecule has 12 heteroatoms. The number of carbonyl (C=O) groups excluding carboxylic acids is 3. The lowest BCUT2D eigenvalue weighted by molar-refractivity contribution is -0.138. The van der Waals surface area contributed by atoms with E-state index in [9.17, 15) is 19.2 Å². The molecular weight excluding hydrogens is 424 g/mol. The average molecular weight is 457 g/mol. The molecule has 7 N–H and O–H groups in total. The van der Waals surface area contributed by atoms with Crippen molar-refractivity contribution in [2.24, 2.45) is 11.7 Å². The van der Waals surface area contributed by atoms with Crippen molar-refractivity contribution in [2.45, 2.75) is 51.2 Å². The van der Waals surface area contributed by atoms with Crippen LogP contribution in [0.25, 0.3) is 0 Å². The third-order valence-electron chi connectivity index (χ3n) is 4.83. The summed E-state index contributed by atoms with van der Waals surface area (Å²) < 4.78 is 0. The Balaban J connectivity index is 2.94. The molecule has 0 aliphatic carbocycles. The van der Waals surface area contributed by atoms with E-state index in [0.717, 1.165) is 0 Å². The molecular formula is C19H32N6O5S. The molecule has 0 spiro atoms. The number of carbonyl (C=O) groups is 4. The zero-order chi connectivity index (χ0) is 23.4. The standard InChI is InChI=1S/C19H32N6O5S/c1-4-11(2)16(20)19(30)25-14(7-12-8-21-10-23-12)18(29)24-13(5-6-31-3)17(28)22-9-15(26)27/h8,10-11,13-14,16H,4-7,9,20H2,1-3H3,(H,21,23)(H,22,28)(H,24,29)(H,25,30)(H,26,27). The van der Waals surface area contributed by atoms with Crippen LogP contribution >= 0.6 is 11.8 Å². The summed E-state index contributed by atoms with van der Waals surface area (Å²) in [7, 11) is 0. The third kappa shape index (κ3) is 9.39. The number of hydrogen-bond donors (Lipinski definition) is 6. The first-order chi connectivity index (χ1) is 14.7. The van der Waals surface area contributed by atoms with E-state index < -0.39 is 48.4 Å². The molecule has 31 heavy (non-hydrogen) atoms. The average Bonchev–Trinajstić information content (AvgIpc) is 3.26. The van der Waals surface area contributed by atoms with Crippen molar-refractivity contribution in [3.8, 4) is 0 Å². The van der Waals surface area contributed by atoms with Crippen molar-refractivity contribution in [1.29, 1.82) is 0 Å². The Morgan fingerprint density at radius 2 is 1.87 bits per heavy atom. The fourth-order valence-electron chi connectivity index (χ4n) is 2.67. The number of aliphatic carboxylic acids is 1. The van der Waals surface area contributed by atoms with E-state index in [4.69, 9.17) is 10.8 Å². The summed E-state index contributed by atoms with van der Waals surface area (Å²) in [6.07, 6.45) is 5.97. The Bertz CT molecular complexity index is 729. The van der Waals surface area contributed by atoms with Crippen molar-refractivity contribution in [1.82, 2.24) is 25.9 Å². The van der Waals surface area contributed by atoms with Crippen molar-refractivity contribution in [2.75, 3.05) is 18.6 Å². The van der Waals surface area contributed by atoms with E-state index in [1.54, 1.807) is 0 Å². The lowest BCUT2D eigenvalue weighted by Crippen LogP contribution is -2.57. The number of nitrogens with zero attached hydrogens (tertiary/aromatic N) is 1. The normalized spacial score (nSPS) is 14.7. The van der Waals surface area contributed by atoms with Crippen LogP contribution in [0.2, 0.25) is 0 Å². The number of nitrogens with one attached hydrogen (secondary N) is 4. The number of nitrogens with two attached hydrogens (primary N) is 1. The van der Waals surface area contributed by atoms with E-state index >= 15 is 0 Å². The minimum atomic E-state index is -1.19. The minimum Gasteiger partial charge on any atom is -0.480 e. The zero-order valence-corrected chi connectivity index (χ0v) is 18.8. The van der Waals surface area contributed by atoms with Gasteiger partial charge in [-0.3, -0.25) is 19.2 Å². The number of thioether (sulfide) groups is 1. The number of carboxylic acid groups (broad SMARTS) is 1. The van der Waals surface area contributed by atoms with E-state index in [1.165, 1.54) is 24.3 Å². The first-order valence-corrected chi connectivity index (χ1v) is 11.4. The van der Waals surface area contributed by atoms with Crippen molar-refractivity contribution in [3.63, 3.8) is 0 Å². The van der Waals surface area contributed by atoms with Crippen LogP contribution in [-0.2, 0) is 25.6 Å². The van der Waals surface area contributed by atoms with Crippen LogP contribution in [0.5, 0.6) is 0 Å². The molecule has 1 aromatic rings. The molecule has 0 fully saturated rings. The molecule has 0 aromatic carbocycles. The first-order valence-electron chi connectivity index (χ1n) is 10.0. The molecule has 1 aromatic heterocycles. The lowest BCUT2D eigenvalue weighted by Gasteiger charge is -2.25. The van der Waals surface area contributed by atoms with Crippen molar-refractivity contribution < 1.29 is 24.3 Å². The third-order valence-corrected chi connectivity index (χ3v) is 5.47. The molecule has 0 aliphatic rings. The van der Waals surface area contributed by atoms with Gasteiger partial charge in [-0.2, -0.15) is 11.8 Å². The summed E-state index contributed by atoms with van der Waals surface area (Å²) in [5.41, 5.74) is 6.61. The van der Waals surface area contributed by atoms with Crippen molar-refractivity contribution in [3.05, 3.63) is 18.2 Å². The van der Waals surface area contributed by atoms with Gasteiger partial charge in [0.2, 0.25) is 17.7 Å². The van der Waals surface area contributed by atoms with Crippen molar-refractivity contribution >= 4 is 35.5 Å². The van der Waals surface area contributed by atoms with Crippen LogP contribution in [0.4, 0.5) is 0 Å². The monoisotopic (exact) mass is 456 g/mol. The number of rotatable bonds is 14. The van der Waals surface area contributed by atoms with Gasteiger partial charge in [0.05, 0.1) is 12.4 Å². The molecule has 4 atom stereocenters. The molecule has 0 radical (unpaired) electrons. The van der Waals surface area contributed by atoms with E-state index in [-0.39, 0.29) is 12.3 Å². The molecule has 0 saturated carbocycles. The second-order valence-electron chi connectivity index (χ2n) is 7.21. The van der Waals surface area contributed by atoms with Crippen LogP contribution in [0.15, 0.2) is 12.5 Å². The summed E-state index contributed by atoms with van der Waals surface area (Å²) in [5, 5.41) is 16.3. The Labute approximate surface area is 185 Å². The van der Waals surface area contributed by atoms with E-state index in [0.29, 0.717) is 24.3 Å². The summed E-state index contributed by atoms with van der Waals surface area (Å²) in [5.74, 6) is -2.34. The second-order valence-corrected chi connectivity index (χ2v) is 8.19. The summed E-state index contributed by atoms with van der Waals surface area (Å²) in [4.78, 5) is 55.4. The molecule has 3 amide bonds. The maximum absolute atomic E-state index is 13.0. The minimum absolute atomic E-state index is 0.0769. The van der Waals surface area contributed by atoms with Crippen LogP contribution in [-0.4, -0.2) is 75.4 Å². The van der Waals surface area contributed by atoms with Gasteiger partial charge >= 0.3 is 5.97 Å². The molecule has 0 saturated heterocycles. The molecule has 1 rings (SSSR count). The van der Waals surface area contributed by atoms with Crippen LogP contribution in [0, 0.1) is 5.92 Å². The molecule has 0 bridgehead atoms. The first kappa shape index (κ1) is 26.4. The van der Waals surface area contributed by atoms with Gasteiger partial charge in [-0.25, -0.2) is 4.98 Å². The predicted molar refractivity (Wildman–Crippen MR) is 117 cm³/mol. The quantitative estimate of drug-likeness (QED) is 0.211. The lowest BCUT2D eigenvalue weighted by atomic mass is 9.98. The number of aromatic amines is 1. The smallest absolute Gasteiger partial charge is 0.322 e.